The van der Waals surface area contributed by atoms with Crippen LogP contribution in [0.4, 0.5) is 0 Å². The van der Waals surface area contributed by atoms with Gasteiger partial charge in [-0.2, -0.15) is 0 Å². The van der Waals surface area contributed by atoms with Crippen LogP contribution in [0, 0.1) is 0 Å². The van der Waals surface area contributed by atoms with Crippen molar-refractivity contribution in [1.82, 2.24) is 4.57 Å². The average molecular weight is 964 g/mol. The zero-order chi connectivity index (χ0) is 51.3. The minimum absolute atomic E-state index is 0.103. The molecule has 0 saturated heterocycles. The number of benzene rings is 11. The Morgan fingerprint density at radius 1 is 0.227 bits per heavy atom. The maximum Gasteiger partial charge on any atom is 0.0619 e. The number of rotatable bonds is 9. The summed E-state index contributed by atoms with van der Waals surface area (Å²) >= 11 is 0. The summed E-state index contributed by atoms with van der Waals surface area (Å²) in [6.45, 7) is 14.0. The third-order valence-corrected chi connectivity index (χ3v) is 15.1. The molecule has 0 fully saturated rings. The van der Waals surface area contributed by atoms with E-state index in [4.69, 9.17) is 0 Å². The first-order valence-electron chi connectivity index (χ1n) is 26.4. The number of hydrogen-bond donors (Lipinski definition) is 0. The molecule has 1 heteroatoms. The Morgan fingerprint density at radius 3 is 0.733 bits per heavy atom. The number of aromatic nitrogens is 1. The van der Waals surface area contributed by atoms with Gasteiger partial charge >= 0.3 is 0 Å². The highest BCUT2D eigenvalue weighted by Crippen LogP contribution is 2.47. The van der Waals surface area contributed by atoms with Crippen molar-refractivity contribution >= 4 is 21.8 Å². The molecule has 11 aromatic carbocycles. The quantitative estimate of drug-likeness (QED) is 0.136. The van der Waals surface area contributed by atoms with Crippen LogP contribution in [0.2, 0.25) is 0 Å². The minimum atomic E-state index is -0.103. The Kier molecular flexibility index (Phi) is 12.1. The summed E-state index contributed by atoms with van der Waals surface area (Å²) in [7, 11) is 0. The van der Waals surface area contributed by atoms with Crippen LogP contribution in [0.5, 0.6) is 0 Å². The van der Waals surface area contributed by atoms with Gasteiger partial charge in [-0.05, 0) is 173 Å². The van der Waals surface area contributed by atoms with Gasteiger partial charge in [-0.3, -0.25) is 0 Å². The molecule has 0 unspecified atom stereocenters. The third kappa shape index (κ3) is 9.32. The first-order chi connectivity index (χ1) is 36.4. The molecule has 1 heterocycles. The van der Waals surface area contributed by atoms with Crippen molar-refractivity contribution in [3.05, 3.63) is 272 Å². The molecular weight excluding hydrogens is 903 g/mol. The van der Waals surface area contributed by atoms with Gasteiger partial charge in [0.25, 0.3) is 0 Å². The Bertz CT molecular complexity index is 3620. The summed E-state index contributed by atoms with van der Waals surface area (Å²) in [5.74, 6) is 0. The molecule has 12 rings (SSSR count). The average Bonchev–Trinajstić information content (AvgIpc) is 3.80. The zero-order valence-electron chi connectivity index (χ0n) is 43.8. The van der Waals surface area contributed by atoms with E-state index in [1.54, 1.807) is 0 Å². The minimum Gasteiger partial charge on any atom is -0.308 e. The van der Waals surface area contributed by atoms with Gasteiger partial charge in [0.05, 0.1) is 11.0 Å². The van der Waals surface area contributed by atoms with Crippen LogP contribution >= 0.6 is 0 Å². The Balaban J connectivity index is 1.06. The van der Waals surface area contributed by atoms with Crippen LogP contribution in [0.1, 0.15) is 52.7 Å². The SMILES string of the molecule is CC(C)(C)c1cc(-c2ccc(-c3cc(-c4ccccc4)cc(-c4ccccc4)c3)cc2)c2c(c1)c1cc(C(C)(C)C)cc(-c3ccc(-c4cc(-c5ccccc5)cc(-c5ccccc5)c4)cc3)c1n2-c1ccccc1. The van der Waals surface area contributed by atoms with E-state index in [9.17, 15) is 0 Å². The van der Waals surface area contributed by atoms with Crippen LogP contribution in [-0.2, 0) is 10.8 Å². The summed E-state index contributed by atoms with van der Waals surface area (Å²) in [5.41, 5.74) is 25.2. The predicted octanol–water partition coefficient (Wildman–Crippen LogP) is 20.7. The lowest BCUT2D eigenvalue weighted by Gasteiger charge is -2.22. The van der Waals surface area contributed by atoms with E-state index in [-0.39, 0.29) is 10.8 Å². The van der Waals surface area contributed by atoms with Crippen LogP contribution < -0.4 is 0 Å². The van der Waals surface area contributed by atoms with E-state index in [1.165, 1.54) is 122 Å². The van der Waals surface area contributed by atoms with Crippen molar-refractivity contribution in [2.24, 2.45) is 0 Å². The highest BCUT2D eigenvalue weighted by Gasteiger charge is 2.27. The number of nitrogens with zero attached hydrogens (tertiary/aromatic N) is 1. The summed E-state index contributed by atoms with van der Waals surface area (Å²) < 4.78 is 2.56. The largest absolute Gasteiger partial charge is 0.308 e. The Labute approximate surface area is 443 Å². The lowest BCUT2D eigenvalue weighted by Crippen LogP contribution is -2.11. The molecule has 0 saturated carbocycles. The van der Waals surface area contributed by atoms with Gasteiger partial charge in [0, 0.05) is 27.6 Å². The summed E-state index contributed by atoms with van der Waals surface area (Å²) in [5, 5.41) is 2.53. The Morgan fingerprint density at radius 2 is 0.467 bits per heavy atom. The number of hydrogen-bond acceptors (Lipinski definition) is 0. The highest BCUT2D eigenvalue weighted by atomic mass is 15.0. The molecule has 0 atom stereocenters. The fraction of sp³-hybridized carbons (Fsp3) is 0.108. The standard InChI is InChI=1S/C74H61N/c1-73(2,3)64-46-67(56-36-32-54(33-37-56)62-42-58(50-22-12-7-13-23-50)40-59(43-62)51-24-14-8-15-25-51)71-69(48-64)70-49-65(74(4,5)6)47-68(72(70)75(71)66-30-20-11-21-31-66)57-38-34-55(35-39-57)63-44-60(52-26-16-9-17-27-52)41-61(45-63)53-28-18-10-19-29-53/h7-49H,1-6H3. The lowest BCUT2D eigenvalue weighted by molar-refractivity contribution is 0.590. The first kappa shape index (κ1) is 47.2. The normalized spacial score (nSPS) is 11.9. The zero-order valence-corrected chi connectivity index (χ0v) is 43.8. The van der Waals surface area contributed by atoms with Crippen molar-refractivity contribution in [3.8, 4) is 94.7 Å². The second-order valence-electron chi connectivity index (χ2n) is 22.2. The molecular formula is C74H61N. The van der Waals surface area contributed by atoms with Crippen molar-refractivity contribution in [2.45, 2.75) is 52.4 Å². The maximum absolute atomic E-state index is 2.56. The van der Waals surface area contributed by atoms with Gasteiger partial charge in [-0.1, -0.05) is 230 Å². The molecule has 12 aromatic rings. The van der Waals surface area contributed by atoms with Gasteiger partial charge in [0.15, 0.2) is 0 Å². The molecule has 1 aromatic heterocycles. The van der Waals surface area contributed by atoms with Crippen molar-refractivity contribution in [2.75, 3.05) is 0 Å². The molecule has 75 heavy (non-hydrogen) atoms. The van der Waals surface area contributed by atoms with Crippen molar-refractivity contribution in [1.29, 1.82) is 0 Å². The molecule has 0 bridgehead atoms. The molecule has 0 aliphatic heterocycles. The second-order valence-corrected chi connectivity index (χ2v) is 22.2. The molecule has 362 valence electrons. The van der Waals surface area contributed by atoms with Crippen LogP contribution in [-0.4, -0.2) is 4.57 Å². The lowest BCUT2D eigenvalue weighted by atomic mass is 9.82. The van der Waals surface area contributed by atoms with Gasteiger partial charge in [0.2, 0.25) is 0 Å². The van der Waals surface area contributed by atoms with E-state index in [0.29, 0.717) is 0 Å². The second kappa shape index (κ2) is 19.2. The monoisotopic (exact) mass is 963 g/mol. The van der Waals surface area contributed by atoms with Gasteiger partial charge < -0.3 is 4.57 Å². The van der Waals surface area contributed by atoms with Gasteiger partial charge in [-0.15, -0.1) is 0 Å². The van der Waals surface area contributed by atoms with Gasteiger partial charge in [-0.25, -0.2) is 0 Å². The van der Waals surface area contributed by atoms with E-state index >= 15 is 0 Å². The van der Waals surface area contributed by atoms with Crippen LogP contribution in [0.25, 0.3) is 117 Å². The molecule has 0 amide bonds. The van der Waals surface area contributed by atoms with E-state index in [1.807, 2.05) is 0 Å². The molecule has 1 nitrogen and oxygen atoms in total. The first-order valence-corrected chi connectivity index (χ1v) is 26.4. The Hall–Kier alpha value is -8.78. The van der Waals surface area contributed by atoms with Crippen molar-refractivity contribution in [3.63, 3.8) is 0 Å². The summed E-state index contributed by atoms with van der Waals surface area (Å²) in [6, 6.07) is 96.5. The van der Waals surface area contributed by atoms with Crippen molar-refractivity contribution < 1.29 is 0 Å². The molecule has 0 aliphatic rings. The topological polar surface area (TPSA) is 4.93 Å². The fourth-order valence-corrected chi connectivity index (χ4v) is 10.9. The maximum atomic E-state index is 2.56. The van der Waals surface area contributed by atoms with E-state index < -0.39 is 0 Å². The molecule has 0 aliphatic carbocycles. The van der Waals surface area contributed by atoms with Gasteiger partial charge in [0.1, 0.15) is 0 Å². The summed E-state index contributed by atoms with van der Waals surface area (Å²) in [6.07, 6.45) is 0. The molecule has 0 spiro atoms. The number of para-hydroxylation sites is 1. The molecule has 0 radical (unpaired) electrons. The van der Waals surface area contributed by atoms with E-state index in [2.05, 4.69) is 307 Å². The smallest absolute Gasteiger partial charge is 0.0619 e. The van der Waals surface area contributed by atoms with Crippen LogP contribution in [0.15, 0.2) is 261 Å². The van der Waals surface area contributed by atoms with E-state index in [0.717, 1.165) is 5.69 Å². The van der Waals surface area contributed by atoms with Crippen LogP contribution in [0.3, 0.4) is 0 Å². The number of fused-ring (bicyclic) bond motifs is 3. The summed E-state index contributed by atoms with van der Waals surface area (Å²) in [4.78, 5) is 0. The highest BCUT2D eigenvalue weighted by molar-refractivity contribution is 6.18. The predicted molar refractivity (Wildman–Crippen MR) is 322 cm³/mol. The molecule has 0 N–H and O–H groups in total. The fourth-order valence-electron chi connectivity index (χ4n) is 10.9. The third-order valence-electron chi connectivity index (χ3n) is 15.1.